The zero-order chi connectivity index (χ0) is 13.2. The fraction of sp³-hybridized carbons (Fsp3) is 0.500. The van der Waals surface area contributed by atoms with Crippen LogP contribution in [0.15, 0.2) is 18.2 Å². The molecule has 18 heavy (non-hydrogen) atoms. The highest BCUT2D eigenvalue weighted by molar-refractivity contribution is 5.95. The quantitative estimate of drug-likeness (QED) is 0.785. The zero-order valence-corrected chi connectivity index (χ0v) is 11.0. The molecule has 0 saturated carbocycles. The summed E-state index contributed by atoms with van der Waals surface area (Å²) in [6, 6.07) is 5.42. The third-order valence-corrected chi connectivity index (χ3v) is 3.37. The van der Waals surface area contributed by atoms with Crippen molar-refractivity contribution in [1.82, 2.24) is 5.32 Å². The lowest BCUT2D eigenvalue weighted by atomic mass is 9.92. The molecule has 4 nitrogen and oxygen atoms in total. The third kappa shape index (κ3) is 3.01. The van der Waals surface area contributed by atoms with Crippen molar-refractivity contribution in [1.29, 1.82) is 0 Å². The molecule has 2 rings (SSSR count). The van der Waals surface area contributed by atoms with E-state index >= 15 is 0 Å². The Morgan fingerprint density at radius 2 is 2.00 bits per heavy atom. The fourth-order valence-corrected chi connectivity index (χ4v) is 2.24. The first kappa shape index (κ1) is 12.9. The number of benzene rings is 1. The molecule has 0 bridgehead atoms. The van der Waals surface area contributed by atoms with Crippen molar-refractivity contribution in [2.24, 2.45) is 0 Å². The maximum atomic E-state index is 12.2. The molecule has 3 N–H and O–H groups in total. The van der Waals surface area contributed by atoms with Crippen LogP contribution in [0.5, 0.6) is 0 Å². The molecule has 1 fully saturated rings. The van der Waals surface area contributed by atoms with Crippen molar-refractivity contribution in [3.8, 4) is 0 Å². The number of nitrogens with one attached hydrogen (secondary N) is 1. The molecule has 0 unspecified atom stereocenters. The van der Waals surface area contributed by atoms with Crippen molar-refractivity contribution in [2.75, 3.05) is 18.9 Å². The first-order valence-electron chi connectivity index (χ1n) is 6.26. The van der Waals surface area contributed by atoms with E-state index in [-0.39, 0.29) is 11.4 Å². The van der Waals surface area contributed by atoms with Gasteiger partial charge in [0.25, 0.3) is 5.91 Å². The minimum atomic E-state index is -0.173. The predicted molar refractivity (Wildman–Crippen MR) is 71.5 cm³/mol. The molecule has 0 spiro atoms. The maximum Gasteiger partial charge on any atom is 0.251 e. The topological polar surface area (TPSA) is 64.4 Å². The van der Waals surface area contributed by atoms with E-state index in [0.717, 1.165) is 18.4 Å². The van der Waals surface area contributed by atoms with E-state index in [1.807, 2.05) is 19.1 Å². The lowest BCUT2D eigenvalue weighted by molar-refractivity contribution is 0.0423. The average molecular weight is 248 g/mol. The number of carbonyl (C=O) groups is 1. The summed E-state index contributed by atoms with van der Waals surface area (Å²) in [6.07, 6.45) is 1.69. The van der Waals surface area contributed by atoms with E-state index < -0.39 is 0 Å². The van der Waals surface area contributed by atoms with Crippen molar-refractivity contribution in [3.05, 3.63) is 29.3 Å². The summed E-state index contributed by atoms with van der Waals surface area (Å²) in [5.41, 5.74) is 7.84. The number of hydrogen-bond acceptors (Lipinski definition) is 3. The van der Waals surface area contributed by atoms with Crippen molar-refractivity contribution in [3.63, 3.8) is 0 Å². The standard InChI is InChI=1S/C14H20N2O2/c1-10-7-11(9-12(15)8-10)13(17)16-14(2)3-5-18-6-4-14/h7-9H,3-6,15H2,1-2H3,(H,16,17). The average Bonchev–Trinajstić information content (AvgIpc) is 2.28. The smallest absolute Gasteiger partial charge is 0.251 e. The van der Waals surface area contributed by atoms with Gasteiger partial charge in [-0.3, -0.25) is 4.79 Å². The number of rotatable bonds is 2. The van der Waals surface area contributed by atoms with Crippen LogP contribution in [0.25, 0.3) is 0 Å². The first-order chi connectivity index (χ1) is 8.48. The number of nitrogen functional groups attached to an aromatic ring is 1. The summed E-state index contributed by atoms with van der Waals surface area (Å²) in [7, 11) is 0. The Balaban J connectivity index is 2.11. The van der Waals surface area contributed by atoms with Crippen molar-refractivity contribution >= 4 is 11.6 Å². The van der Waals surface area contributed by atoms with Gasteiger partial charge in [0.1, 0.15) is 0 Å². The number of carbonyl (C=O) groups excluding carboxylic acids is 1. The summed E-state index contributed by atoms with van der Waals surface area (Å²) in [5.74, 6) is -0.0604. The SMILES string of the molecule is Cc1cc(N)cc(C(=O)NC2(C)CCOCC2)c1. The van der Waals surface area contributed by atoms with Gasteiger partial charge in [-0.25, -0.2) is 0 Å². The van der Waals surface area contributed by atoms with Crippen LogP contribution in [-0.2, 0) is 4.74 Å². The Hall–Kier alpha value is -1.55. The third-order valence-electron chi connectivity index (χ3n) is 3.37. The van der Waals surface area contributed by atoms with E-state index in [0.29, 0.717) is 24.5 Å². The summed E-state index contributed by atoms with van der Waals surface area (Å²) in [6.45, 7) is 5.40. The normalized spacial score (nSPS) is 18.3. The predicted octanol–water partition coefficient (Wildman–Crippen LogP) is 1.88. The largest absolute Gasteiger partial charge is 0.399 e. The van der Waals surface area contributed by atoms with Crippen LogP contribution in [0.4, 0.5) is 5.69 Å². The zero-order valence-electron chi connectivity index (χ0n) is 11.0. The molecule has 4 heteroatoms. The van der Waals surface area contributed by atoms with Gasteiger partial charge in [-0.1, -0.05) is 0 Å². The summed E-state index contributed by atoms with van der Waals surface area (Å²) in [4.78, 5) is 12.2. The lowest BCUT2D eigenvalue weighted by Crippen LogP contribution is -2.49. The summed E-state index contributed by atoms with van der Waals surface area (Å²) < 4.78 is 5.32. The number of ether oxygens (including phenoxy) is 1. The van der Waals surface area contributed by atoms with Gasteiger partial charge in [-0.2, -0.15) is 0 Å². The highest BCUT2D eigenvalue weighted by Crippen LogP contribution is 2.21. The number of nitrogens with two attached hydrogens (primary N) is 1. The number of aryl methyl sites for hydroxylation is 1. The molecule has 1 amide bonds. The van der Waals surface area contributed by atoms with Crippen LogP contribution in [-0.4, -0.2) is 24.7 Å². The fourth-order valence-electron chi connectivity index (χ4n) is 2.24. The highest BCUT2D eigenvalue weighted by atomic mass is 16.5. The van der Waals surface area contributed by atoms with Gasteiger partial charge < -0.3 is 15.8 Å². The van der Waals surface area contributed by atoms with E-state index in [4.69, 9.17) is 10.5 Å². The molecular weight excluding hydrogens is 228 g/mol. The van der Waals surface area contributed by atoms with Gasteiger partial charge >= 0.3 is 0 Å². The Labute approximate surface area is 108 Å². The number of anilines is 1. The molecule has 0 aromatic heterocycles. The van der Waals surface area contributed by atoms with Crippen LogP contribution < -0.4 is 11.1 Å². The number of hydrogen-bond donors (Lipinski definition) is 2. The van der Waals surface area contributed by atoms with Gasteiger partial charge in [0.05, 0.1) is 0 Å². The van der Waals surface area contributed by atoms with Gasteiger partial charge in [0.15, 0.2) is 0 Å². The van der Waals surface area contributed by atoms with E-state index in [1.54, 1.807) is 6.07 Å². The highest BCUT2D eigenvalue weighted by Gasteiger charge is 2.29. The molecule has 1 aliphatic heterocycles. The van der Waals surface area contributed by atoms with Crippen LogP contribution >= 0.6 is 0 Å². The lowest BCUT2D eigenvalue weighted by Gasteiger charge is -2.34. The first-order valence-corrected chi connectivity index (χ1v) is 6.26. The minimum absolute atomic E-state index is 0.0604. The van der Waals surface area contributed by atoms with Gasteiger partial charge in [-0.05, 0) is 50.5 Å². The molecule has 1 aliphatic rings. The monoisotopic (exact) mass is 248 g/mol. The van der Waals surface area contributed by atoms with Crippen LogP contribution in [0.1, 0.15) is 35.7 Å². The molecule has 0 aliphatic carbocycles. The van der Waals surface area contributed by atoms with E-state index in [2.05, 4.69) is 12.2 Å². The second-order valence-electron chi connectivity index (χ2n) is 5.26. The molecule has 0 radical (unpaired) electrons. The molecule has 1 heterocycles. The Morgan fingerprint density at radius 1 is 1.33 bits per heavy atom. The van der Waals surface area contributed by atoms with E-state index in [1.165, 1.54) is 0 Å². The molecule has 1 aromatic carbocycles. The van der Waals surface area contributed by atoms with Crippen LogP contribution in [0.3, 0.4) is 0 Å². The van der Waals surface area contributed by atoms with Crippen LogP contribution in [0.2, 0.25) is 0 Å². The van der Waals surface area contributed by atoms with Gasteiger partial charge in [0.2, 0.25) is 0 Å². The second-order valence-corrected chi connectivity index (χ2v) is 5.26. The summed E-state index contributed by atoms with van der Waals surface area (Å²) in [5, 5.41) is 3.09. The number of amides is 1. The molecule has 1 saturated heterocycles. The summed E-state index contributed by atoms with van der Waals surface area (Å²) >= 11 is 0. The minimum Gasteiger partial charge on any atom is -0.399 e. The molecule has 0 atom stereocenters. The van der Waals surface area contributed by atoms with Crippen LogP contribution in [0, 0.1) is 6.92 Å². The molecule has 98 valence electrons. The maximum absolute atomic E-state index is 12.2. The van der Waals surface area contributed by atoms with Crippen molar-refractivity contribution < 1.29 is 9.53 Å². The van der Waals surface area contributed by atoms with E-state index in [9.17, 15) is 4.79 Å². The van der Waals surface area contributed by atoms with Gasteiger partial charge in [-0.15, -0.1) is 0 Å². The Kier molecular flexibility index (Phi) is 3.57. The van der Waals surface area contributed by atoms with Gasteiger partial charge in [0, 0.05) is 30.0 Å². The molecule has 1 aromatic rings. The Morgan fingerprint density at radius 3 is 2.61 bits per heavy atom. The Bertz CT molecular complexity index is 431. The van der Waals surface area contributed by atoms with Crippen molar-refractivity contribution in [2.45, 2.75) is 32.2 Å². The molecular formula is C14H20N2O2. The second kappa shape index (κ2) is 4.98.